The molecule has 2 rings (SSSR count). The van der Waals surface area contributed by atoms with Gasteiger partial charge in [0.2, 0.25) is 5.91 Å². The molecule has 1 aliphatic rings. The first-order chi connectivity index (χ1) is 9.22. The van der Waals surface area contributed by atoms with E-state index in [4.69, 9.17) is 9.47 Å². The van der Waals surface area contributed by atoms with Crippen LogP contribution < -0.4 is 10.1 Å². The minimum atomic E-state index is -0.644. The molecule has 1 heterocycles. The number of hydrogen-bond donors (Lipinski definition) is 1. The van der Waals surface area contributed by atoms with Crippen molar-refractivity contribution < 1.29 is 19.1 Å². The van der Waals surface area contributed by atoms with Crippen LogP contribution in [0.4, 0.5) is 4.79 Å². The van der Waals surface area contributed by atoms with Crippen molar-refractivity contribution in [3.8, 4) is 5.75 Å². The van der Waals surface area contributed by atoms with E-state index in [1.165, 1.54) is 11.9 Å². The Morgan fingerprint density at radius 3 is 2.79 bits per heavy atom. The van der Waals surface area contributed by atoms with Gasteiger partial charge in [-0.15, -0.1) is 0 Å². The monoisotopic (exact) mass is 264 g/mol. The normalized spacial score (nSPS) is 18.8. The fourth-order valence-electron chi connectivity index (χ4n) is 1.85. The lowest BCUT2D eigenvalue weighted by molar-refractivity contribution is -0.130. The Labute approximate surface area is 111 Å². The van der Waals surface area contributed by atoms with E-state index in [-0.39, 0.29) is 12.5 Å². The number of benzene rings is 1. The number of para-hydroxylation sites is 1. The molecular weight excluding hydrogens is 248 g/mol. The number of likely N-dealkylation sites (N-methyl/N-ethyl adjacent to an activating group) is 1. The van der Waals surface area contributed by atoms with Gasteiger partial charge in [0.1, 0.15) is 11.8 Å². The third-order valence-electron chi connectivity index (χ3n) is 2.86. The molecule has 2 amide bonds. The number of carbonyl (C=O) groups excluding carboxylic acids is 2. The maximum absolute atomic E-state index is 12.1. The van der Waals surface area contributed by atoms with Crippen LogP contribution in [-0.4, -0.2) is 49.7 Å². The van der Waals surface area contributed by atoms with E-state index in [0.717, 1.165) is 0 Å². The van der Waals surface area contributed by atoms with E-state index >= 15 is 0 Å². The van der Waals surface area contributed by atoms with Crippen molar-refractivity contribution in [2.45, 2.75) is 6.04 Å². The van der Waals surface area contributed by atoms with Gasteiger partial charge in [0.25, 0.3) is 0 Å². The number of ether oxygens (including phenoxy) is 2. The smallest absolute Gasteiger partial charge is 0.410 e. The summed E-state index contributed by atoms with van der Waals surface area (Å²) in [6.45, 7) is 0.921. The van der Waals surface area contributed by atoms with Crippen molar-refractivity contribution in [3.63, 3.8) is 0 Å². The van der Waals surface area contributed by atoms with Gasteiger partial charge in [0.05, 0.1) is 13.2 Å². The molecule has 0 aromatic heterocycles. The molecule has 0 radical (unpaired) electrons. The van der Waals surface area contributed by atoms with Crippen LogP contribution in [0.1, 0.15) is 0 Å². The van der Waals surface area contributed by atoms with Crippen LogP contribution in [0, 0.1) is 0 Å². The Kier molecular flexibility index (Phi) is 4.35. The fourth-order valence-corrected chi connectivity index (χ4v) is 1.85. The standard InChI is InChI=1S/C13H16N2O4/c1-14-12(16)11-9-18-8-7-15(11)13(17)19-10-5-3-2-4-6-10/h2-6,11H,7-9H2,1H3,(H,14,16). The number of amides is 2. The van der Waals surface area contributed by atoms with E-state index in [2.05, 4.69) is 5.32 Å². The average Bonchev–Trinajstić information content (AvgIpc) is 2.47. The topological polar surface area (TPSA) is 67.9 Å². The molecular formula is C13H16N2O4. The van der Waals surface area contributed by atoms with Gasteiger partial charge in [-0.05, 0) is 12.1 Å². The Morgan fingerprint density at radius 1 is 1.37 bits per heavy atom. The third-order valence-corrected chi connectivity index (χ3v) is 2.86. The highest BCUT2D eigenvalue weighted by atomic mass is 16.6. The van der Waals surface area contributed by atoms with E-state index in [0.29, 0.717) is 18.9 Å². The predicted molar refractivity (Wildman–Crippen MR) is 67.8 cm³/mol. The van der Waals surface area contributed by atoms with Crippen LogP contribution in [0.2, 0.25) is 0 Å². The van der Waals surface area contributed by atoms with Crippen molar-refractivity contribution >= 4 is 12.0 Å². The number of hydrogen-bond acceptors (Lipinski definition) is 4. The van der Waals surface area contributed by atoms with Gasteiger partial charge < -0.3 is 14.8 Å². The maximum atomic E-state index is 12.1. The van der Waals surface area contributed by atoms with Gasteiger partial charge in [0, 0.05) is 13.6 Å². The van der Waals surface area contributed by atoms with Crippen molar-refractivity contribution in [2.24, 2.45) is 0 Å². The first-order valence-electron chi connectivity index (χ1n) is 6.05. The van der Waals surface area contributed by atoms with Gasteiger partial charge in [-0.2, -0.15) is 0 Å². The van der Waals surface area contributed by atoms with Gasteiger partial charge in [-0.3, -0.25) is 9.69 Å². The number of nitrogens with one attached hydrogen (secondary N) is 1. The molecule has 1 aromatic rings. The van der Waals surface area contributed by atoms with Crippen LogP contribution in [0.15, 0.2) is 30.3 Å². The van der Waals surface area contributed by atoms with Gasteiger partial charge in [-0.25, -0.2) is 4.79 Å². The quantitative estimate of drug-likeness (QED) is 0.851. The fraction of sp³-hybridized carbons (Fsp3) is 0.385. The third kappa shape index (κ3) is 3.23. The highest BCUT2D eigenvalue weighted by molar-refractivity contribution is 5.86. The second kappa shape index (κ2) is 6.19. The number of nitrogens with zero attached hydrogens (tertiary/aromatic N) is 1. The van der Waals surface area contributed by atoms with Crippen LogP contribution >= 0.6 is 0 Å². The van der Waals surface area contributed by atoms with Crippen LogP contribution in [-0.2, 0) is 9.53 Å². The lowest BCUT2D eigenvalue weighted by Gasteiger charge is -2.33. The van der Waals surface area contributed by atoms with Gasteiger partial charge in [-0.1, -0.05) is 18.2 Å². The molecule has 6 heteroatoms. The summed E-state index contributed by atoms with van der Waals surface area (Å²) in [5.74, 6) is 0.194. The van der Waals surface area contributed by atoms with E-state index < -0.39 is 12.1 Å². The minimum Gasteiger partial charge on any atom is -0.410 e. The molecule has 1 fully saturated rings. The summed E-state index contributed by atoms with van der Waals surface area (Å²) >= 11 is 0. The van der Waals surface area contributed by atoms with Crippen molar-refractivity contribution in [1.82, 2.24) is 10.2 Å². The summed E-state index contributed by atoms with van der Waals surface area (Å²) in [4.78, 5) is 25.1. The van der Waals surface area contributed by atoms with E-state index in [1.54, 1.807) is 24.3 Å². The number of carbonyl (C=O) groups is 2. The molecule has 6 nitrogen and oxygen atoms in total. The van der Waals surface area contributed by atoms with E-state index in [9.17, 15) is 9.59 Å². The highest BCUT2D eigenvalue weighted by Gasteiger charge is 2.33. The number of morpholine rings is 1. The first-order valence-corrected chi connectivity index (χ1v) is 6.05. The first kappa shape index (κ1) is 13.4. The second-order valence-corrected chi connectivity index (χ2v) is 4.08. The minimum absolute atomic E-state index is 0.184. The molecule has 1 N–H and O–H groups in total. The van der Waals surface area contributed by atoms with E-state index in [1.807, 2.05) is 6.07 Å². The molecule has 0 saturated carbocycles. The van der Waals surface area contributed by atoms with Gasteiger partial charge >= 0.3 is 6.09 Å². The SMILES string of the molecule is CNC(=O)C1COCCN1C(=O)Oc1ccccc1. The summed E-state index contributed by atoms with van der Waals surface area (Å²) in [7, 11) is 1.53. The molecule has 1 aliphatic heterocycles. The molecule has 102 valence electrons. The zero-order valence-corrected chi connectivity index (χ0v) is 10.7. The van der Waals surface area contributed by atoms with Crippen molar-refractivity contribution in [1.29, 1.82) is 0 Å². The Balaban J connectivity index is 2.05. The Morgan fingerprint density at radius 2 is 2.11 bits per heavy atom. The van der Waals surface area contributed by atoms with Gasteiger partial charge in [0.15, 0.2) is 0 Å². The molecule has 0 spiro atoms. The molecule has 0 bridgehead atoms. The molecule has 1 atom stereocenters. The molecule has 1 aromatic carbocycles. The average molecular weight is 264 g/mol. The summed E-state index contributed by atoms with van der Waals surface area (Å²) in [5.41, 5.74) is 0. The van der Waals surface area contributed by atoms with Crippen molar-refractivity contribution in [2.75, 3.05) is 26.8 Å². The summed E-state index contributed by atoms with van der Waals surface area (Å²) in [6, 6.07) is 8.12. The second-order valence-electron chi connectivity index (χ2n) is 4.08. The van der Waals surface area contributed by atoms with Crippen molar-refractivity contribution in [3.05, 3.63) is 30.3 Å². The lowest BCUT2D eigenvalue weighted by atomic mass is 10.2. The summed E-state index contributed by atoms with van der Waals surface area (Å²) in [5, 5.41) is 2.52. The molecule has 19 heavy (non-hydrogen) atoms. The van der Waals surface area contributed by atoms with Crippen LogP contribution in [0.5, 0.6) is 5.75 Å². The lowest BCUT2D eigenvalue weighted by Crippen LogP contribution is -2.56. The zero-order valence-electron chi connectivity index (χ0n) is 10.7. The maximum Gasteiger partial charge on any atom is 0.416 e. The molecule has 0 aliphatic carbocycles. The zero-order chi connectivity index (χ0) is 13.7. The highest BCUT2D eigenvalue weighted by Crippen LogP contribution is 2.14. The summed E-state index contributed by atoms with van der Waals surface area (Å²) < 4.78 is 10.5. The molecule has 1 unspecified atom stereocenters. The number of rotatable bonds is 2. The Hall–Kier alpha value is -2.08. The predicted octanol–water partition coefficient (Wildman–Crippen LogP) is 0.632. The largest absolute Gasteiger partial charge is 0.416 e. The van der Waals surface area contributed by atoms with Crippen LogP contribution in [0.25, 0.3) is 0 Å². The van der Waals surface area contributed by atoms with Crippen LogP contribution in [0.3, 0.4) is 0 Å². The summed E-state index contributed by atoms with van der Waals surface area (Å²) in [6.07, 6.45) is -0.539. The molecule has 1 saturated heterocycles. The Bertz CT molecular complexity index is 449.